The van der Waals surface area contributed by atoms with Gasteiger partial charge in [0.25, 0.3) is 0 Å². The number of benzene rings is 4. The molecule has 2 heteroatoms. The van der Waals surface area contributed by atoms with Crippen LogP contribution in [0.25, 0.3) is 44.5 Å². The van der Waals surface area contributed by atoms with Gasteiger partial charge in [-0.25, -0.2) is 0 Å². The molecule has 1 unspecified atom stereocenters. The zero-order chi connectivity index (χ0) is 21.1. The third-order valence-electron chi connectivity index (χ3n) is 6.87. The molecule has 7 rings (SSSR count). The summed E-state index contributed by atoms with van der Waals surface area (Å²) >= 11 is 0. The van der Waals surface area contributed by atoms with Gasteiger partial charge in [0.2, 0.25) is 0 Å². The molecular formula is C30H22N2. The Morgan fingerprint density at radius 2 is 1.12 bits per heavy atom. The topological polar surface area (TPSA) is 9.86 Å². The van der Waals surface area contributed by atoms with Crippen molar-refractivity contribution in [2.75, 3.05) is 0 Å². The Kier molecular flexibility index (Phi) is 3.71. The van der Waals surface area contributed by atoms with Crippen LogP contribution in [0.15, 0.2) is 109 Å². The lowest BCUT2D eigenvalue weighted by molar-refractivity contribution is 0.636. The van der Waals surface area contributed by atoms with E-state index in [0.717, 1.165) is 6.42 Å². The summed E-state index contributed by atoms with van der Waals surface area (Å²) in [6.07, 6.45) is 5.70. The maximum absolute atomic E-state index is 2.53. The van der Waals surface area contributed by atoms with Crippen LogP contribution in [-0.2, 0) is 6.42 Å². The number of hydrogen-bond acceptors (Lipinski definition) is 0. The fraction of sp³-hybridized carbons (Fsp3) is 0.0667. The molecule has 0 radical (unpaired) electrons. The van der Waals surface area contributed by atoms with Gasteiger partial charge in [-0.05, 0) is 48.4 Å². The highest BCUT2D eigenvalue weighted by Crippen LogP contribution is 2.40. The third kappa shape index (κ3) is 2.41. The smallest absolute Gasteiger partial charge is 0.0567 e. The molecule has 0 saturated heterocycles. The van der Waals surface area contributed by atoms with Gasteiger partial charge in [0.05, 0.1) is 11.6 Å². The molecule has 2 aromatic heterocycles. The zero-order valence-electron chi connectivity index (χ0n) is 17.6. The Labute approximate surface area is 186 Å². The van der Waals surface area contributed by atoms with Crippen LogP contribution in [0, 0.1) is 0 Å². The van der Waals surface area contributed by atoms with Crippen molar-refractivity contribution >= 4 is 38.8 Å². The van der Waals surface area contributed by atoms with Crippen molar-refractivity contribution in [3.05, 3.63) is 120 Å². The number of fused-ring (bicyclic) bond motifs is 6. The molecule has 1 aliphatic rings. The van der Waals surface area contributed by atoms with E-state index in [0.29, 0.717) is 0 Å². The van der Waals surface area contributed by atoms with E-state index in [1.54, 1.807) is 0 Å². The van der Waals surface area contributed by atoms with E-state index in [2.05, 4.69) is 124 Å². The molecule has 1 aliphatic carbocycles. The lowest BCUT2D eigenvalue weighted by atomic mass is 9.96. The second-order valence-electron chi connectivity index (χ2n) is 8.59. The summed E-state index contributed by atoms with van der Waals surface area (Å²) in [6.45, 7) is 0. The summed E-state index contributed by atoms with van der Waals surface area (Å²) in [5, 5.41) is 4.00. The van der Waals surface area contributed by atoms with Crippen molar-refractivity contribution in [3.63, 3.8) is 0 Å². The lowest BCUT2D eigenvalue weighted by Gasteiger charge is -2.22. The van der Waals surface area contributed by atoms with Gasteiger partial charge >= 0.3 is 0 Å². The standard InChI is InChI=1S/C30H22N2/c1-2-10-21(11-3-1)31-29-17-9-6-14-25(29)26-20-22(18-19-30(26)31)32-27-15-7-4-12-23(27)24-13-5-8-16-28(24)32/h1-19,22H,20H2. The van der Waals surface area contributed by atoms with Crippen molar-refractivity contribution < 1.29 is 0 Å². The zero-order valence-corrected chi connectivity index (χ0v) is 17.6. The summed E-state index contributed by atoms with van der Waals surface area (Å²) in [6, 6.07) is 37.4. The Morgan fingerprint density at radius 1 is 0.562 bits per heavy atom. The highest BCUT2D eigenvalue weighted by atomic mass is 15.0. The van der Waals surface area contributed by atoms with E-state index in [1.807, 2.05) is 0 Å². The molecule has 0 amide bonds. The molecule has 0 aliphatic heterocycles. The average Bonchev–Trinajstić information content (AvgIpc) is 3.37. The molecule has 4 aromatic carbocycles. The normalized spacial score (nSPS) is 15.6. The predicted octanol–water partition coefficient (Wildman–Crippen LogP) is 7.55. The Bertz CT molecular complexity index is 1590. The Balaban J connectivity index is 1.47. The molecule has 152 valence electrons. The van der Waals surface area contributed by atoms with Crippen LogP contribution in [0.1, 0.15) is 17.3 Å². The molecule has 2 nitrogen and oxygen atoms in total. The summed E-state index contributed by atoms with van der Waals surface area (Å²) in [7, 11) is 0. The van der Waals surface area contributed by atoms with E-state index >= 15 is 0 Å². The first kappa shape index (κ1) is 17.6. The van der Waals surface area contributed by atoms with Crippen LogP contribution >= 0.6 is 0 Å². The summed E-state index contributed by atoms with van der Waals surface area (Å²) < 4.78 is 4.93. The molecule has 0 N–H and O–H groups in total. The van der Waals surface area contributed by atoms with Crippen LogP contribution < -0.4 is 0 Å². The minimum atomic E-state index is 0.280. The van der Waals surface area contributed by atoms with Crippen molar-refractivity contribution in [3.8, 4) is 5.69 Å². The number of rotatable bonds is 2. The second kappa shape index (κ2) is 6.73. The molecular weight excluding hydrogens is 388 g/mol. The monoisotopic (exact) mass is 410 g/mol. The number of para-hydroxylation sites is 4. The summed E-state index contributed by atoms with van der Waals surface area (Å²) in [5.74, 6) is 0. The molecule has 0 spiro atoms. The van der Waals surface area contributed by atoms with Crippen molar-refractivity contribution in [1.29, 1.82) is 0 Å². The highest BCUT2D eigenvalue weighted by Gasteiger charge is 2.25. The largest absolute Gasteiger partial charge is 0.333 e. The molecule has 1 atom stereocenters. The maximum Gasteiger partial charge on any atom is 0.0567 e. The quantitative estimate of drug-likeness (QED) is 0.279. The van der Waals surface area contributed by atoms with Gasteiger partial charge in [0.15, 0.2) is 0 Å². The molecule has 2 heterocycles. The molecule has 0 saturated carbocycles. The average molecular weight is 411 g/mol. The number of allylic oxidation sites excluding steroid dienone is 1. The SMILES string of the molecule is C1=CC(n2c3ccccc3c3ccccc32)Cc2c1n(-c1ccccc1)c1ccccc21. The Morgan fingerprint density at radius 3 is 1.81 bits per heavy atom. The van der Waals surface area contributed by atoms with Crippen molar-refractivity contribution in [2.24, 2.45) is 0 Å². The molecule has 0 bridgehead atoms. The van der Waals surface area contributed by atoms with Gasteiger partial charge in [0, 0.05) is 38.6 Å². The summed E-state index contributed by atoms with van der Waals surface area (Å²) in [4.78, 5) is 0. The second-order valence-corrected chi connectivity index (χ2v) is 8.59. The minimum absolute atomic E-state index is 0.280. The fourth-order valence-electron chi connectivity index (χ4n) is 5.54. The van der Waals surface area contributed by atoms with Crippen LogP contribution in [0.5, 0.6) is 0 Å². The minimum Gasteiger partial charge on any atom is -0.333 e. The first-order chi connectivity index (χ1) is 15.9. The van der Waals surface area contributed by atoms with E-state index < -0.39 is 0 Å². The van der Waals surface area contributed by atoms with Gasteiger partial charge in [-0.1, -0.05) is 78.9 Å². The van der Waals surface area contributed by atoms with Crippen LogP contribution in [-0.4, -0.2) is 9.13 Å². The predicted molar refractivity (Wildman–Crippen MR) is 134 cm³/mol. The van der Waals surface area contributed by atoms with Gasteiger partial charge in [0.1, 0.15) is 0 Å². The third-order valence-corrected chi connectivity index (χ3v) is 6.87. The van der Waals surface area contributed by atoms with E-state index in [1.165, 1.54) is 49.7 Å². The molecule has 0 fully saturated rings. The van der Waals surface area contributed by atoms with E-state index in [4.69, 9.17) is 0 Å². The van der Waals surface area contributed by atoms with Crippen molar-refractivity contribution in [2.45, 2.75) is 12.5 Å². The lowest BCUT2D eigenvalue weighted by Crippen LogP contribution is -2.13. The van der Waals surface area contributed by atoms with E-state index in [-0.39, 0.29) is 6.04 Å². The molecule has 32 heavy (non-hydrogen) atoms. The number of nitrogens with zero attached hydrogens (tertiary/aromatic N) is 2. The fourth-order valence-corrected chi connectivity index (χ4v) is 5.54. The van der Waals surface area contributed by atoms with Crippen LogP contribution in [0.3, 0.4) is 0 Å². The van der Waals surface area contributed by atoms with Gasteiger partial charge in [-0.2, -0.15) is 0 Å². The highest BCUT2D eigenvalue weighted by molar-refractivity contribution is 6.08. The van der Waals surface area contributed by atoms with Crippen LogP contribution in [0.4, 0.5) is 0 Å². The first-order valence-corrected chi connectivity index (χ1v) is 11.2. The van der Waals surface area contributed by atoms with Crippen molar-refractivity contribution in [1.82, 2.24) is 9.13 Å². The summed E-state index contributed by atoms with van der Waals surface area (Å²) in [5.41, 5.74) is 7.83. The Hall–Kier alpha value is -4.04. The maximum atomic E-state index is 2.53. The van der Waals surface area contributed by atoms with Gasteiger partial charge in [-0.15, -0.1) is 0 Å². The van der Waals surface area contributed by atoms with Gasteiger partial charge in [-0.3, -0.25) is 0 Å². The molecule has 6 aromatic rings. The van der Waals surface area contributed by atoms with Crippen LogP contribution in [0.2, 0.25) is 0 Å². The van der Waals surface area contributed by atoms with Gasteiger partial charge < -0.3 is 9.13 Å². The van der Waals surface area contributed by atoms with E-state index in [9.17, 15) is 0 Å². The first-order valence-electron chi connectivity index (χ1n) is 11.2. The number of hydrogen-bond donors (Lipinski definition) is 0. The number of aromatic nitrogens is 2.